The minimum atomic E-state index is -0.0852. The van der Waals surface area contributed by atoms with Gasteiger partial charge in [-0.05, 0) is 110 Å². The Kier molecular flexibility index (Phi) is 3.06. The van der Waals surface area contributed by atoms with E-state index in [2.05, 4.69) is 39.9 Å². The van der Waals surface area contributed by atoms with Gasteiger partial charge in [-0.25, -0.2) is 0 Å². The molecule has 0 radical (unpaired) electrons. The van der Waals surface area contributed by atoms with E-state index in [1.54, 1.807) is 0 Å². The van der Waals surface area contributed by atoms with Crippen LogP contribution in [0.5, 0.6) is 0 Å². The molecule has 1 N–H and O–H groups in total. The van der Waals surface area contributed by atoms with Crippen molar-refractivity contribution < 1.29 is 4.79 Å². The highest BCUT2D eigenvalue weighted by molar-refractivity contribution is 5.84. The van der Waals surface area contributed by atoms with Crippen molar-refractivity contribution >= 4 is 5.91 Å². The van der Waals surface area contributed by atoms with Gasteiger partial charge in [0, 0.05) is 5.54 Å². The van der Waals surface area contributed by atoms with Crippen molar-refractivity contribution in [2.24, 2.45) is 38.4 Å². The van der Waals surface area contributed by atoms with Crippen LogP contribution in [0.15, 0.2) is 0 Å². The predicted molar refractivity (Wildman–Crippen MR) is 113 cm³/mol. The lowest BCUT2D eigenvalue weighted by molar-refractivity contribution is -0.196. The summed E-state index contributed by atoms with van der Waals surface area (Å²) in [6.07, 6.45) is 15.4. The highest BCUT2D eigenvalue weighted by Gasteiger charge is 2.68. The Hall–Kier alpha value is -0.530. The molecule has 2 nitrogen and oxygen atoms in total. The summed E-state index contributed by atoms with van der Waals surface area (Å²) in [6.45, 7) is 12.5. The minimum absolute atomic E-state index is 0.0852. The smallest absolute Gasteiger partial charge is 0.226 e. The molecule has 2 atom stereocenters. The van der Waals surface area contributed by atoms with E-state index in [0.717, 1.165) is 25.2 Å². The standard InChI is InChI=1S/C26H41NO/c1-20-6-18-7-21(2,9-20)17-26(8-18,16-20)27-19(28)25-13-22(3)10-23(4,14-25)12-24(5,11-22)15-25/h18H,6-17H2,1-5H3,(H,27,28). The van der Waals surface area contributed by atoms with Crippen molar-refractivity contribution in [3.8, 4) is 0 Å². The molecule has 8 fully saturated rings. The molecule has 1 amide bonds. The summed E-state index contributed by atoms with van der Waals surface area (Å²) in [5.74, 6) is 1.31. The molecule has 8 saturated carbocycles. The van der Waals surface area contributed by atoms with Gasteiger partial charge in [0.2, 0.25) is 5.91 Å². The Bertz CT molecular complexity index is 695. The number of carbonyl (C=O) groups is 1. The zero-order chi connectivity index (χ0) is 19.8. The van der Waals surface area contributed by atoms with Crippen molar-refractivity contribution in [3.63, 3.8) is 0 Å². The maximum absolute atomic E-state index is 14.1. The van der Waals surface area contributed by atoms with E-state index in [0.29, 0.717) is 33.0 Å². The van der Waals surface area contributed by atoms with Gasteiger partial charge in [-0.3, -0.25) is 4.79 Å². The molecule has 8 bridgehead atoms. The normalized spacial score (nSPS) is 63.7. The van der Waals surface area contributed by atoms with E-state index in [-0.39, 0.29) is 11.0 Å². The molecule has 0 saturated heterocycles. The van der Waals surface area contributed by atoms with Gasteiger partial charge in [0.1, 0.15) is 0 Å². The van der Waals surface area contributed by atoms with Crippen molar-refractivity contribution in [2.45, 2.75) is 117 Å². The lowest BCUT2D eigenvalue weighted by Crippen LogP contribution is -2.69. The highest BCUT2D eigenvalue weighted by atomic mass is 16.2. The first-order valence-electron chi connectivity index (χ1n) is 12.1. The Morgan fingerprint density at radius 1 is 0.607 bits per heavy atom. The maximum Gasteiger partial charge on any atom is 0.226 e. The van der Waals surface area contributed by atoms with Crippen molar-refractivity contribution in [3.05, 3.63) is 0 Å². The van der Waals surface area contributed by atoms with Crippen LogP contribution in [0.4, 0.5) is 0 Å². The van der Waals surface area contributed by atoms with Gasteiger partial charge in [-0.1, -0.05) is 34.6 Å². The second kappa shape index (κ2) is 4.70. The molecule has 156 valence electrons. The summed E-state index contributed by atoms with van der Waals surface area (Å²) < 4.78 is 0. The third kappa shape index (κ3) is 2.41. The van der Waals surface area contributed by atoms with Gasteiger partial charge in [-0.2, -0.15) is 0 Å². The summed E-state index contributed by atoms with van der Waals surface area (Å²) in [5, 5.41) is 3.84. The summed E-state index contributed by atoms with van der Waals surface area (Å²) in [4.78, 5) is 14.1. The fourth-order valence-electron chi connectivity index (χ4n) is 12.5. The first-order chi connectivity index (χ1) is 12.8. The third-order valence-corrected chi connectivity index (χ3v) is 10.3. The number of nitrogens with one attached hydrogen (secondary N) is 1. The number of hydrogen-bond acceptors (Lipinski definition) is 1. The van der Waals surface area contributed by atoms with Crippen molar-refractivity contribution in [1.82, 2.24) is 5.32 Å². The lowest BCUT2D eigenvalue weighted by Gasteiger charge is -2.69. The topological polar surface area (TPSA) is 29.1 Å². The fraction of sp³-hybridized carbons (Fsp3) is 0.962. The number of hydrogen-bond donors (Lipinski definition) is 1. The molecule has 0 heterocycles. The first kappa shape index (κ1) is 18.3. The molecule has 0 aromatic heterocycles. The second-order valence-corrected chi connectivity index (χ2v) is 15.1. The van der Waals surface area contributed by atoms with Gasteiger partial charge >= 0.3 is 0 Å². The second-order valence-electron chi connectivity index (χ2n) is 15.1. The van der Waals surface area contributed by atoms with Crippen molar-refractivity contribution in [1.29, 1.82) is 0 Å². The van der Waals surface area contributed by atoms with E-state index in [1.165, 1.54) is 57.8 Å². The predicted octanol–water partition coefficient (Wildman–Crippen LogP) is 6.24. The van der Waals surface area contributed by atoms with E-state index in [1.807, 2.05) is 0 Å². The Labute approximate surface area is 172 Å². The van der Waals surface area contributed by atoms with Crippen LogP contribution in [-0.4, -0.2) is 11.4 Å². The monoisotopic (exact) mass is 383 g/mol. The van der Waals surface area contributed by atoms with Crippen LogP contribution in [0.2, 0.25) is 0 Å². The Morgan fingerprint density at radius 2 is 1.04 bits per heavy atom. The Morgan fingerprint density at radius 3 is 1.46 bits per heavy atom. The van der Waals surface area contributed by atoms with E-state index < -0.39 is 0 Å². The van der Waals surface area contributed by atoms with Crippen LogP contribution >= 0.6 is 0 Å². The Balaban J connectivity index is 1.33. The number of rotatable bonds is 2. The molecule has 0 aromatic rings. The van der Waals surface area contributed by atoms with Gasteiger partial charge in [0.15, 0.2) is 0 Å². The number of amides is 1. The summed E-state index contributed by atoms with van der Waals surface area (Å²) >= 11 is 0. The fourth-order valence-corrected chi connectivity index (χ4v) is 12.5. The summed E-state index contributed by atoms with van der Waals surface area (Å²) in [7, 11) is 0. The van der Waals surface area contributed by atoms with Gasteiger partial charge < -0.3 is 5.32 Å². The highest BCUT2D eigenvalue weighted by Crippen LogP contribution is 2.74. The van der Waals surface area contributed by atoms with Crippen molar-refractivity contribution in [2.75, 3.05) is 0 Å². The van der Waals surface area contributed by atoms with Gasteiger partial charge in [0.05, 0.1) is 5.41 Å². The van der Waals surface area contributed by atoms with Crippen LogP contribution in [0, 0.1) is 38.4 Å². The molecule has 2 unspecified atom stereocenters. The average Bonchev–Trinajstić information content (AvgIpc) is 2.36. The third-order valence-electron chi connectivity index (χ3n) is 10.3. The van der Waals surface area contributed by atoms with E-state index in [4.69, 9.17) is 0 Å². The number of carbonyl (C=O) groups excluding carboxylic acids is 1. The van der Waals surface area contributed by atoms with Crippen LogP contribution in [0.3, 0.4) is 0 Å². The SMILES string of the molecule is CC12CC3CC(C)(C1)CC(NC(=O)C14CC5(C)CC(C)(CC(C)(C5)C1)C4)(C3)C2. The van der Waals surface area contributed by atoms with E-state index >= 15 is 0 Å². The summed E-state index contributed by atoms with van der Waals surface area (Å²) in [6, 6.07) is 0. The molecule has 8 aliphatic rings. The first-order valence-corrected chi connectivity index (χ1v) is 12.1. The average molecular weight is 384 g/mol. The lowest BCUT2D eigenvalue weighted by atomic mass is 9.36. The zero-order valence-corrected chi connectivity index (χ0v) is 19.0. The van der Waals surface area contributed by atoms with Crippen LogP contribution < -0.4 is 5.32 Å². The van der Waals surface area contributed by atoms with E-state index in [9.17, 15) is 4.79 Å². The largest absolute Gasteiger partial charge is 0.350 e. The molecule has 0 aliphatic heterocycles. The quantitative estimate of drug-likeness (QED) is 0.601. The molecular formula is C26H41NO. The maximum atomic E-state index is 14.1. The van der Waals surface area contributed by atoms with Crippen LogP contribution in [0.1, 0.15) is 112 Å². The van der Waals surface area contributed by atoms with Crippen LogP contribution in [-0.2, 0) is 4.79 Å². The molecular weight excluding hydrogens is 342 g/mol. The molecule has 8 rings (SSSR count). The molecule has 28 heavy (non-hydrogen) atoms. The van der Waals surface area contributed by atoms with Gasteiger partial charge in [0.25, 0.3) is 0 Å². The molecule has 0 aromatic carbocycles. The molecule has 8 aliphatic carbocycles. The minimum Gasteiger partial charge on any atom is -0.350 e. The molecule has 2 heteroatoms. The van der Waals surface area contributed by atoms with Gasteiger partial charge in [-0.15, -0.1) is 0 Å². The molecule has 0 spiro atoms. The zero-order valence-electron chi connectivity index (χ0n) is 19.0. The summed E-state index contributed by atoms with van der Waals surface area (Å²) in [5.41, 5.74) is 2.10. The van der Waals surface area contributed by atoms with Crippen LogP contribution in [0.25, 0.3) is 0 Å².